The van der Waals surface area contributed by atoms with Crippen LogP contribution in [0.5, 0.6) is 5.75 Å². The van der Waals surface area contributed by atoms with Crippen molar-refractivity contribution in [3.63, 3.8) is 0 Å². The lowest BCUT2D eigenvalue weighted by Gasteiger charge is -2.26. The topological polar surface area (TPSA) is 32.3 Å². The lowest BCUT2D eigenvalue weighted by molar-refractivity contribution is 0.462. The van der Waals surface area contributed by atoms with Crippen LogP contribution in [0.1, 0.15) is 17.5 Å². The molecule has 1 atom stereocenters. The van der Waals surface area contributed by atoms with E-state index in [1.54, 1.807) is 6.07 Å². The van der Waals surface area contributed by atoms with Gasteiger partial charge in [-0.2, -0.15) is 0 Å². The van der Waals surface area contributed by atoms with Gasteiger partial charge in [-0.05, 0) is 42.4 Å². The molecule has 0 radical (unpaired) electrons. The number of rotatable bonds is 3. The van der Waals surface area contributed by atoms with E-state index in [-0.39, 0.29) is 0 Å². The number of phenolic OH excluding ortho intramolecular Hbond substituents is 1. The van der Waals surface area contributed by atoms with Crippen LogP contribution >= 0.6 is 0 Å². The number of nitrogens with one attached hydrogen (secondary N) is 1. The first kappa shape index (κ1) is 12.1. The summed E-state index contributed by atoms with van der Waals surface area (Å²) in [5.74, 6) is 1.02. The zero-order chi connectivity index (χ0) is 13.1. The Bertz CT molecular complexity index is 550. The first-order valence-corrected chi connectivity index (χ1v) is 6.91. The maximum atomic E-state index is 9.79. The molecule has 2 heteroatoms. The first-order chi connectivity index (χ1) is 9.33. The van der Waals surface area contributed by atoms with Gasteiger partial charge in [-0.25, -0.2) is 0 Å². The highest BCUT2D eigenvalue weighted by molar-refractivity contribution is 5.62. The van der Waals surface area contributed by atoms with Gasteiger partial charge in [0, 0.05) is 6.54 Å². The number of anilines is 1. The summed E-state index contributed by atoms with van der Waals surface area (Å²) in [6.45, 7) is 0.956. The van der Waals surface area contributed by atoms with Crippen LogP contribution in [0.2, 0.25) is 0 Å². The molecule has 0 amide bonds. The molecule has 0 fully saturated rings. The Morgan fingerprint density at radius 2 is 1.89 bits per heavy atom. The average molecular weight is 253 g/mol. The Kier molecular flexibility index (Phi) is 3.41. The maximum Gasteiger partial charge on any atom is 0.138 e. The molecule has 3 rings (SSSR count). The van der Waals surface area contributed by atoms with Gasteiger partial charge in [0.2, 0.25) is 0 Å². The second-order valence-electron chi connectivity index (χ2n) is 5.29. The Morgan fingerprint density at radius 3 is 2.74 bits per heavy atom. The van der Waals surface area contributed by atoms with E-state index in [0.717, 1.165) is 25.1 Å². The summed E-state index contributed by atoms with van der Waals surface area (Å²) in [6, 6.07) is 16.4. The number of phenols is 1. The Balaban J connectivity index is 1.63. The molecule has 1 aliphatic heterocycles. The van der Waals surface area contributed by atoms with Crippen molar-refractivity contribution in [2.75, 3.05) is 11.9 Å². The third kappa shape index (κ3) is 2.73. The fourth-order valence-corrected chi connectivity index (χ4v) is 2.81. The highest BCUT2D eigenvalue weighted by atomic mass is 16.3. The molecule has 2 aromatic rings. The molecule has 19 heavy (non-hydrogen) atoms. The van der Waals surface area contributed by atoms with E-state index in [1.807, 2.05) is 6.07 Å². The fraction of sp³-hybridized carbons (Fsp3) is 0.294. The van der Waals surface area contributed by atoms with Crippen molar-refractivity contribution in [3.05, 3.63) is 59.7 Å². The molecule has 2 nitrogen and oxygen atoms in total. The molecule has 1 heterocycles. The average Bonchev–Trinajstić information content (AvgIpc) is 2.46. The number of hydrogen-bond acceptors (Lipinski definition) is 2. The van der Waals surface area contributed by atoms with Crippen LogP contribution in [0.25, 0.3) is 0 Å². The van der Waals surface area contributed by atoms with Crippen LogP contribution in [-0.4, -0.2) is 11.7 Å². The van der Waals surface area contributed by atoms with Crippen molar-refractivity contribution in [3.8, 4) is 5.75 Å². The van der Waals surface area contributed by atoms with Crippen LogP contribution < -0.4 is 5.32 Å². The molecule has 0 aromatic heterocycles. The smallest absolute Gasteiger partial charge is 0.138 e. The first-order valence-electron chi connectivity index (χ1n) is 6.91. The van der Waals surface area contributed by atoms with Gasteiger partial charge in [-0.3, -0.25) is 0 Å². The summed E-state index contributed by atoms with van der Waals surface area (Å²) in [7, 11) is 0. The van der Waals surface area contributed by atoms with Gasteiger partial charge in [-0.15, -0.1) is 0 Å². The standard InChI is InChI=1S/C17H19NO/c19-16-8-4-7-15-11-14(12-18-17(15)16)10-9-13-5-2-1-3-6-13/h1-8,14,18-19H,9-12H2. The van der Waals surface area contributed by atoms with Crippen molar-refractivity contribution in [1.29, 1.82) is 0 Å². The van der Waals surface area contributed by atoms with Crippen LogP contribution in [0.4, 0.5) is 5.69 Å². The van der Waals surface area contributed by atoms with E-state index in [1.165, 1.54) is 17.5 Å². The minimum Gasteiger partial charge on any atom is -0.506 e. The summed E-state index contributed by atoms with van der Waals surface area (Å²) in [4.78, 5) is 0. The van der Waals surface area contributed by atoms with E-state index in [0.29, 0.717) is 11.7 Å². The van der Waals surface area contributed by atoms with Gasteiger partial charge < -0.3 is 10.4 Å². The Labute approximate surface area is 114 Å². The molecule has 2 N–H and O–H groups in total. The van der Waals surface area contributed by atoms with Crippen LogP contribution in [0.15, 0.2) is 48.5 Å². The molecule has 0 aliphatic carbocycles. The number of aromatic hydroxyl groups is 1. The fourth-order valence-electron chi connectivity index (χ4n) is 2.81. The van der Waals surface area contributed by atoms with Gasteiger partial charge in [0.25, 0.3) is 0 Å². The van der Waals surface area contributed by atoms with Crippen molar-refractivity contribution in [2.24, 2.45) is 5.92 Å². The van der Waals surface area contributed by atoms with Crippen LogP contribution in [0.3, 0.4) is 0 Å². The summed E-state index contributed by atoms with van der Waals surface area (Å²) in [5.41, 5.74) is 3.58. The monoisotopic (exact) mass is 253 g/mol. The molecule has 1 unspecified atom stereocenters. The molecule has 0 saturated carbocycles. The van der Waals surface area contributed by atoms with Crippen molar-refractivity contribution < 1.29 is 5.11 Å². The predicted molar refractivity (Wildman–Crippen MR) is 78.6 cm³/mol. The van der Waals surface area contributed by atoms with Crippen molar-refractivity contribution >= 4 is 5.69 Å². The molecule has 2 aromatic carbocycles. The molecular weight excluding hydrogens is 234 g/mol. The lowest BCUT2D eigenvalue weighted by atomic mass is 9.89. The minimum absolute atomic E-state index is 0.374. The highest BCUT2D eigenvalue weighted by Crippen LogP contribution is 2.33. The van der Waals surface area contributed by atoms with Gasteiger partial charge in [0.05, 0.1) is 5.69 Å². The van der Waals surface area contributed by atoms with E-state index >= 15 is 0 Å². The molecule has 98 valence electrons. The number of benzene rings is 2. The van der Waals surface area contributed by atoms with Crippen LogP contribution in [-0.2, 0) is 12.8 Å². The molecule has 1 aliphatic rings. The highest BCUT2D eigenvalue weighted by Gasteiger charge is 2.19. The van der Waals surface area contributed by atoms with Crippen molar-refractivity contribution in [2.45, 2.75) is 19.3 Å². The quantitative estimate of drug-likeness (QED) is 0.819. The number of fused-ring (bicyclic) bond motifs is 1. The van der Waals surface area contributed by atoms with E-state index in [4.69, 9.17) is 0 Å². The third-order valence-electron chi connectivity index (χ3n) is 3.89. The second-order valence-corrected chi connectivity index (χ2v) is 5.29. The van der Waals surface area contributed by atoms with Gasteiger partial charge in [0.15, 0.2) is 0 Å². The second kappa shape index (κ2) is 5.35. The predicted octanol–water partition coefficient (Wildman–Crippen LogP) is 3.61. The van der Waals surface area contributed by atoms with Crippen LogP contribution in [0, 0.1) is 5.92 Å². The van der Waals surface area contributed by atoms with Crippen molar-refractivity contribution in [1.82, 2.24) is 0 Å². The molecule has 0 saturated heterocycles. The van der Waals surface area contributed by atoms with E-state index in [2.05, 4.69) is 41.7 Å². The molecule has 0 bridgehead atoms. The zero-order valence-corrected chi connectivity index (χ0v) is 11.0. The summed E-state index contributed by atoms with van der Waals surface area (Å²) < 4.78 is 0. The summed E-state index contributed by atoms with van der Waals surface area (Å²) in [5, 5.41) is 13.2. The minimum atomic E-state index is 0.374. The molecular formula is C17H19NO. The number of hydrogen-bond donors (Lipinski definition) is 2. The summed E-state index contributed by atoms with van der Waals surface area (Å²) in [6.07, 6.45) is 3.37. The normalized spacial score (nSPS) is 17.6. The zero-order valence-electron chi connectivity index (χ0n) is 11.0. The van der Waals surface area contributed by atoms with E-state index in [9.17, 15) is 5.11 Å². The number of aryl methyl sites for hydroxylation is 1. The third-order valence-corrected chi connectivity index (χ3v) is 3.89. The number of para-hydroxylation sites is 1. The lowest BCUT2D eigenvalue weighted by Crippen LogP contribution is -2.23. The Morgan fingerprint density at radius 1 is 1.05 bits per heavy atom. The Hall–Kier alpha value is -1.96. The van der Waals surface area contributed by atoms with Gasteiger partial charge in [-0.1, -0.05) is 42.5 Å². The van der Waals surface area contributed by atoms with Gasteiger partial charge >= 0.3 is 0 Å². The van der Waals surface area contributed by atoms with E-state index < -0.39 is 0 Å². The van der Waals surface area contributed by atoms with Gasteiger partial charge in [0.1, 0.15) is 5.75 Å². The maximum absolute atomic E-state index is 9.79. The molecule has 0 spiro atoms. The largest absolute Gasteiger partial charge is 0.506 e. The SMILES string of the molecule is Oc1cccc2c1NCC(CCc1ccccc1)C2. The summed E-state index contributed by atoms with van der Waals surface area (Å²) >= 11 is 0.